The first-order valence-corrected chi connectivity index (χ1v) is 14.5. The minimum Gasteiger partial charge on any atom is -0.467 e. The maximum atomic E-state index is 14.1. The van der Waals surface area contributed by atoms with Crippen LogP contribution in [0.25, 0.3) is 0 Å². The fraction of sp³-hybridized carbons (Fsp3) is 0.448. The normalized spacial score (nSPS) is 17.0. The number of hydrogen-bond donors (Lipinski definition) is 3. The van der Waals surface area contributed by atoms with E-state index in [9.17, 15) is 14.4 Å². The third kappa shape index (κ3) is 6.33. The van der Waals surface area contributed by atoms with Gasteiger partial charge in [0.05, 0.1) is 12.0 Å². The highest BCUT2D eigenvalue weighted by atomic mass is 32.1. The molecule has 0 bridgehead atoms. The van der Waals surface area contributed by atoms with Crippen molar-refractivity contribution >= 4 is 34.9 Å². The maximum Gasteiger partial charge on any atom is 0.273 e. The van der Waals surface area contributed by atoms with E-state index in [2.05, 4.69) is 15.0 Å². The SMILES string of the molecule is Nc1c(C(=O)NC2CCCC2)nsc1C(=O)N(Cc1ccccc1)[C@H](C(=O)NC1CCCCC1)c1ccco1. The maximum absolute atomic E-state index is 14.1. The van der Waals surface area contributed by atoms with Crippen molar-refractivity contribution in [3.8, 4) is 0 Å². The Kier molecular flexibility index (Phi) is 8.61. The summed E-state index contributed by atoms with van der Waals surface area (Å²) in [7, 11) is 0. The third-order valence-corrected chi connectivity index (χ3v) is 8.46. The first kappa shape index (κ1) is 26.9. The number of furan rings is 1. The molecule has 2 aromatic heterocycles. The van der Waals surface area contributed by atoms with Gasteiger partial charge in [0.25, 0.3) is 17.7 Å². The van der Waals surface area contributed by atoms with Crippen molar-refractivity contribution in [1.29, 1.82) is 0 Å². The Balaban J connectivity index is 1.46. The molecule has 1 atom stereocenters. The Morgan fingerprint density at radius 1 is 0.949 bits per heavy atom. The molecule has 1 aromatic carbocycles. The quantitative estimate of drug-likeness (QED) is 0.351. The highest BCUT2D eigenvalue weighted by Gasteiger charge is 2.37. The van der Waals surface area contributed by atoms with Crippen LogP contribution in [-0.4, -0.2) is 39.1 Å². The van der Waals surface area contributed by atoms with Crippen LogP contribution >= 0.6 is 11.5 Å². The van der Waals surface area contributed by atoms with Crippen molar-refractivity contribution in [2.24, 2.45) is 0 Å². The standard InChI is InChI=1S/C29H35N5O4S/c30-23-24(27(35)31-20-14-7-8-15-20)33-39-26(23)29(37)34(18-19-10-3-1-4-11-19)25(22-16-9-17-38-22)28(36)32-21-12-5-2-6-13-21/h1,3-4,9-11,16-17,20-21,25H,2,5-8,12-15,18,30H2,(H,31,35)(H,32,36)/t25-/m0/s1. The largest absolute Gasteiger partial charge is 0.467 e. The summed E-state index contributed by atoms with van der Waals surface area (Å²) in [4.78, 5) is 42.5. The minimum absolute atomic E-state index is 0.0319. The summed E-state index contributed by atoms with van der Waals surface area (Å²) in [6.45, 7) is 0.143. The first-order valence-electron chi connectivity index (χ1n) is 13.8. The number of aromatic nitrogens is 1. The monoisotopic (exact) mass is 549 g/mol. The van der Waals surface area contributed by atoms with Gasteiger partial charge in [0, 0.05) is 18.6 Å². The average molecular weight is 550 g/mol. The van der Waals surface area contributed by atoms with Crippen LogP contribution in [0.15, 0.2) is 53.1 Å². The summed E-state index contributed by atoms with van der Waals surface area (Å²) in [6.07, 6.45) is 10.6. The number of carbonyl (C=O) groups is 3. The van der Waals surface area contributed by atoms with Gasteiger partial charge in [0.15, 0.2) is 11.7 Å². The molecule has 0 radical (unpaired) electrons. The summed E-state index contributed by atoms with van der Waals surface area (Å²) in [6, 6.07) is 12.0. The topological polar surface area (TPSA) is 131 Å². The number of benzene rings is 1. The van der Waals surface area contributed by atoms with E-state index < -0.39 is 11.9 Å². The number of amides is 3. The number of nitrogen functional groups attached to an aromatic ring is 1. The lowest BCUT2D eigenvalue weighted by Crippen LogP contribution is -2.46. The van der Waals surface area contributed by atoms with Crippen LogP contribution in [0, 0.1) is 0 Å². The van der Waals surface area contributed by atoms with Crippen LogP contribution in [0.1, 0.15) is 95.3 Å². The van der Waals surface area contributed by atoms with Crippen LogP contribution in [0.2, 0.25) is 0 Å². The van der Waals surface area contributed by atoms with Crippen LogP contribution in [0.4, 0.5) is 5.69 Å². The van der Waals surface area contributed by atoms with E-state index in [0.717, 1.165) is 74.9 Å². The second-order valence-corrected chi connectivity index (χ2v) is 11.2. The summed E-state index contributed by atoms with van der Waals surface area (Å²) in [5.74, 6) is -0.797. The zero-order chi connectivity index (χ0) is 27.2. The second-order valence-electron chi connectivity index (χ2n) is 10.4. The van der Waals surface area contributed by atoms with E-state index in [-0.39, 0.29) is 46.7 Å². The third-order valence-electron chi connectivity index (χ3n) is 7.61. The van der Waals surface area contributed by atoms with Gasteiger partial charge in [-0.25, -0.2) is 0 Å². The number of anilines is 1. The van der Waals surface area contributed by atoms with Gasteiger partial charge in [0.1, 0.15) is 10.6 Å². The van der Waals surface area contributed by atoms with Crippen LogP contribution < -0.4 is 16.4 Å². The van der Waals surface area contributed by atoms with E-state index in [1.54, 1.807) is 12.1 Å². The van der Waals surface area contributed by atoms with Crippen molar-refractivity contribution < 1.29 is 18.8 Å². The first-order chi connectivity index (χ1) is 19.0. The lowest BCUT2D eigenvalue weighted by Gasteiger charge is -2.32. The Morgan fingerprint density at radius 3 is 2.28 bits per heavy atom. The molecule has 0 spiro atoms. The predicted octanol–water partition coefficient (Wildman–Crippen LogP) is 4.82. The zero-order valence-corrected chi connectivity index (χ0v) is 22.8. The molecule has 2 aliphatic carbocycles. The molecule has 0 unspecified atom stereocenters. The molecular formula is C29H35N5O4S. The number of nitrogens with one attached hydrogen (secondary N) is 2. The number of rotatable bonds is 9. The van der Waals surface area contributed by atoms with E-state index in [1.165, 1.54) is 11.2 Å². The molecule has 39 heavy (non-hydrogen) atoms. The van der Waals surface area contributed by atoms with Gasteiger partial charge in [-0.15, -0.1) is 0 Å². The summed E-state index contributed by atoms with van der Waals surface area (Å²) in [5.41, 5.74) is 7.30. The highest BCUT2D eigenvalue weighted by Crippen LogP contribution is 2.31. The number of nitrogens with two attached hydrogens (primary N) is 1. The lowest BCUT2D eigenvalue weighted by molar-refractivity contribution is -0.127. The summed E-state index contributed by atoms with van der Waals surface area (Å²) >= 11 is 0.882. The van der Waals surface area contributed by atoms with Gasteiger partial charge in [0.2, 0.25) is 0 Å². The average Bonchev–Trinajstić information content (AvgIpc) is 3.72. The Morgan fingerprint density at radius 2 is 1.62 bits per heavy atom. The minimum atomic E-state index is -1.02. The highest BCUT2D eigenvalue weighted by molar-refractivity contribution is 7.09. The smallest absolute Gasteiger partial charge is 0.273 e. The van der Waals surface area contributed by atoms with Crippen molar-refractivity contribution in [2.75, 3.05) is 5.73 Å². The van der Waals surface area contributed by atoms with E-state index >= 15 is 0 Å². The van der Waals surface area contributed by atoms with E-state index in [1.807, 2.05) is 30.3 Å². The van der Waals surface area contributed by atoms with Crippen molar-refractivity contribution in [1.82, 2.24) is 19.9 Å². The van der Waals surface area contributed by atoms with Crippen molar-refractivity contribution in [2.45, 2.75) is 82.5 Å². The molecule has 3 amide bonds. The van der Waals surface area contributed by atoms with Crippen molar-refractivity contribution in [3.05, 3.63) is 70.6 Å². The molecule has 2 saturated carbocycles. The molecule has 9 nitrogen and oxygen atoms in total. The molecular weight excluding hydrogens is 514 g/mol. The fourth-order valence-electron chi connectivity index (χ4n) is 5.53. The fourth-order valence-corrected chi connectivity index (χ4v) is 6.28. The van der Waals surface area contributed by atoms with Gasteiger partial charge < -0.3 is 25.7 Å². The molecule has 206 valence electrons. The Hall–Kier alpha value is -3.66. The Bertz CT molecular complexity index is 1260. The van der Waals surface area contributed by atoms with Gasteiger partial charge in [-0.2, -0.15) is 4.37 Å². The lowest BCUT2D eigenvalue weighted by atomic mass is 9.95. The van der Waals surface area contributed by atoms with E-state index in [0.29, 0.717) is 5.76 Å². The summed E-state index contributed by atoms with van der Waals surface area (Å²) in [5, 5.41) is 6.15. The Labute approximate surface area is 232 Å². The van der Waals surface area contributed by atoms with Crippen LogP contribution in [0.3, 0.4) is 0 Å². The number of hydrogen-bond acceptors (Lipinski definition) is 7. The molecule has 2 aliphatic rings. The molecule has 0 saturated heterocycles. The van der Waals surface area contributed by atoms with Gasteiger partial charge in [-0.3, -0.25) is 14.4 Å². The molecule has 2 heterocycles. The molecule has 10 heteroatoms. The molecule has 3 aromatic rings. The predicted molar refractivity (Wildman–Crippen MR) is 149 cm³/mol. The van der Waals surface area contributed by atoms with Gasteiger partial charge in [-0.05, 0) is 54.9 Å². The summed E-state index contributed by atoms with van der Waals surface area (Å²) < 4.78 is 9.96. The molecule has 0 aliphatic heterocycles. The molecule has 5 rings (SSSR count). The van der Waals surface area contributed by atoms with E-state index in [4.69, 9.17) is 10.2 Å². The van der Waals surface area contributed by atoms with Gasteiger partial charge in [-0.1, -0.05) is 62.4 Å². The molecule has 2 fully saturated rings. The zero-order valence-electron chi connectivity index (χ0n) is 21.9. The van der Waals surface area contributed by atoms with Crippen LogP contribution in [0.5, 0.6) is 0 Å². The second kappa shape index (κ2) is 12.5. The number of nitrogens with zero attached hydrogens (tertiary/aromatic N) is 2. The molecule has 4 N–H and O–H groups in total. The number of carbonyl (C=O) groups excluding carboxylic acids is 3. The van der Waals surface area contributed by atoms with Crippen LogP contribution in [-0.2, 0) is 11.3 Å². The van der Waals surface area contributed by atoms with Crippen molar-refractivity contribution in [3.63, 3.8) is 0 Å². The van der Waals surface area contributed by atoms with Gasteiger partial charge >= 0.3 is 0 Å².